The van der Waals surface area contributed by atoms with Crippen LogP contribution >= 0.6 is 0 Å². The lowest BCUT2D eigenvalue weighted by Gasteiger charge is -2.28. The Bertz CT molecular complexity index is 408. The highest BCUT2D eigenvalue weighted by molar-refractivity contribution is 5.82. The third-order valence-electron chi connectivity index (χ3n) is 3.62. The summed E-state index contributed by atoms with van der Waals surface area (Å²) in [7, 11) is 0. The lowest BCUT2D eigenvalue weighted by molar-refractivity contribution is 0.413. The molecule has 0 amide bonds. The van der Waals surface area contributed by atoms with Gasteiger partial charge in [-0.15, -0.1) is 0 Å². The number of benzene rings is 1. The first kappa shape index (κ1) is 10.8. The summed E-state index contributed by atoms with van der Waals surface area (Å²) in [4.78, 5) is 6.58. The molecule has 1 fully saturated rings. The van der Waals surface area contributed by atoms with Crippen LogP contribution in [0.2, 0.25) is 0 Å². The minimum absolute atomic E-state index is 0.522. The fourth-order valence-electron chi connectivity index (χ4n) is 2.72. The van der Waals surface area contributed by atoms with E-state index in [1.54, 1.807) is 0 Å². The molecule has 17 heavy (non-hydrogen) atoms. The number of nitrogens with one attached hydrogen (secondary N) is 1. The van der Waals surface area contributed by atoms with Crippen molar-refractivity contribution in [2.24, 2.45) is 4.99 Å². The fourth-order valence-corrected chi connectivity index (χ4v) is 2.72. The predicted molar refractivity (Wildman–Crippen MR) is 71.7 cm³/mol. The summed E-state index contributed by atoms with van der Waals surface area (Å²) in [6.07, 6.45) is 5.87. The molecule has 1 saturated heterocycles. The zero-order valence-electron chi connectivity index (χ0n) is 10.1. The molecule has 2 heterocycles. The first-order chi connectivity index (χ1) is 8.45. The maximum atomic E-state index is 4.31. The number of para-hydroxylation sites is 1. The van der Waals surface area contributed by atoms with Crippen LogP contribution in [0, 0.1) is 0 Å². The first-order valence-electron chi connectivity index (χ1n) is 6.54. The van der Waals surface area contributed by atoms with Crippen LogP contribution in [0.3, 0.4) is 0 Å². The predicted octanol–water partition coefficient (Wildman–Crippen LogP) is 2.35. The minimum atomic E-state index is 0.522. The van der Waals surface area contributed by atoms with Crippen molar-refractivity contribution < 1.29 is 0 Å². The molecule has 2 aliphatic rings. The van der Waals surface area contributed by atoms with Crippen molar-refractivity contribution in [2.75, 3.05) is 24.5 Å². The van der Waals surface area contributed by atoms with Gasteiger partial charge in [-0.05, 0) is 31.0 Å². The summed E-state index contributed by atoms with van der Waals surface area (Å²) in [5, 5.41) is 3.63. The van der Waals surface area contributed by atoms with Gasteiger partial charge in [0.1, 0.15) is 0 Å². The largest absolute Gasteiger partial charge is 0.331 e. The summed E-state index contributed by atoms with van der Waals surface area (Å²) in [5.41, 5.74) is 2.76. The second-order valence-electron chi connectivity index (χ2n) is 4.78. The molecule has 0 aliphatic carbocycles. The topological polar surface area (TPSA) is 27.6 Å². The third-order valence-corrected chi connectivity index (χ3v) is 3.62. The van der Waals surface area contributed by atoms with Crippen molar-refractivity contribution in [3.63, 3.8) is 0 Å². The van der Waals surface area contributed by atoms with Crippen LogP contribution in [-0.2, 0) is 0 Å². The van der Waals surface area contributed by atoms with Gasteiger partial charge < -0.3 is 10.2 Å². The molecule has 0 aromatic heterocycles. The second kappa shape index (κ2) is 4.88. The Labute approximate surface area is 103 Å². The van der Waals surface area contributed by atoms with Gasteiger partial charge in [0.05, 0.1) is 12.9 Å². The third kappa shape index (κ3) is 2.20. The van der Waals surface area contributed by atoms with E-state index in [9.17, 15) is 0 Å². The molecule has 90 valence electrons. The number of aliphatic imine (C=N–C) groups is 1. The lowest BCUT2D eigenvalue weighted by Crippen LogP contribution is -2.29. The molecule has 3 nitrogen and oxygen atoms in total. The van der Waals surface area contributed by atoms with Gasteiger partial charge in [0.25, 0.3) is 0 Å². The second-order valence-corrected chi connectivity index (χ2v) is 4.78. The molecule has 0 saturated carbocycles. The van der Waals surface area contributed by atoms with Crippen molar-refractivity contribution in [2.45, 2.75) is 25.3 Å². The molecule has 2 aliphatic heterocycles. The SMILES string of the molecule is C1=NCCN1c1ccccc1C1CCCCN1. The van der Waals surface area contributed by atoms with Crippen LogP contribution in [0.25, 0.3) is 0 Å². The number of nitrogens with zero attached hydrogens (tertiary/aromatic N) is 2. The van der Waals surface area contributed by atoms with Crippen LogP contribution in [0.5, 0.6) is 0 Å². The maximum Gasteiger partial charge on any atom is 0.0895 e. The molecule has 0 bridgehead atoms. The van der Waals surface area contributed by atoms with Gasteiger partial charge in [-0.3, -0.25) is 4.99 Å². The van der Waals surface area contributed by atoms with Crippen molar-refractivity contribution in [3.05, 3.63) is 29.8 Å². The Hall–Kier alpha value is -1.35. The standard InChI is InChI=1S/C14H19N3/c1-2-7-14(17-10-9-15-11-17)12(5-1)13-6-3-4-8-16-13/h1-2,5,7,11,13,16H,3-4,6,8-10H2. The van der Waals surface area contributed by atoms with E-state index >= 15 is 0 Å². The minimum Gasteiger partial charge on any atom is -0.331 e. The van der Waals surface area contributed by atoms with Crippen molar-refractivity contribution >= 4 is 12.0 Å². The Kier molecular flexibility index (Phi) is 3.10. The number of piperidine rings is 1. The van der Waals surface area contributed by atoms with Gasteiger partial charge in [0.15, 0.2) is 0 Å². The van der Waals surface area contributed by atoms with E-state index in [-0.39, 0.29) is 0 Å². The van der Waals surface area contributed by atoms with Gasteiger partial charge in [-0.25, -0.2) is 0 Å². The van der Waals surface area contributed by atoms with Crippen molar-refractivity contribution in [1.29, 1.82) is 0 Å². The van der Waals surface area contributed by atoms with E-state index in [2.05, 4.69) is 39.5 Å². The summed E-state index contributed by atoms with van der Waals surface area (Å²) in [6, 6.07) is 9.25. The Balaban J connectivity index is 1.89. The number of hydrogen-bond donors (Lipinski definition) is 1. The Morgan fingerprint density at radius 2 is 2.18 bits per heavy atom. The number of hydrogen-bond acceptors (Lipinski definition) is 3. The van der Waals surface area contributed by atoms with Crippen LogP contribution < -0.4 is 10.2 Å². The summed E-state index contributed by atoms with van der Waals surface area (Å²) in [6.45, 7) is 3.09. The van der Waals surface area contributed by atoms with Crippen LogP contribution in [-0.4, -0.2) is 26.0 Å². The highest BCUT2D eigenvalue weighted by atomic mass is 15.2. The average molecular weight is 229 g/mol. The van der Waals surface area contributed by atoms with E-state index in [1.807, 2.05) is 6.34 Å². The average Bonchev–Trinajstić information content (AvgIpc) is 2.94. The normalized spacial score (nSPS) is 24.2. The Morgan fingerprint density at radius 3 is 2.94 bits per heavy atom. The van der Waals surface area contributed by atoms with E-state index in [1.165, 1.54) is 30.5 Å². The summed E-state index contributed by atoms with van der Waals surface area (Å²) >= 11 is 0. The highest BCUT2D eigenvalue weighted by Gasteiger charge is 2.20. The number of anilines is 1. The van der Waals surface area contributed by atoms with Gasteiger partial charge in [0, 0.05) is 18.3 Å². The van der Waals surface area contributed by atoms with Crippen molar-refractivity contribution in [1.82, 2.24) is 5.32 Å². The quantitative estimate of drug-likeness (QED) is 0.843. The molecule has 1 aromatic carbocycles. The van der Waals surface area contributed by atoms with E-state index in [0.29, 0.717) is 6.04 Å². The lowest BCUT2D eigenvalue weighted by atomic mass is 9.96. The molecule has 1 aromatic rings. The van der Waals surface area contributed by atoms with E-state index in [0.717, 1.165) is 19.6 Å². The summed E-state index contributed by atoms with van der Waals surface area (Å²) < 4.78 is 0. The molecule has 0 radical (unpaired) electrons. The van der Waals surface area contributed by atoms with Crippen molar-refractivity contribution in [3.8, 4) is 0 Å². The number of rotatable bonds is 2. The molecule has 3 rings (SSSR count). The molecule has 1 atom stereocenters. The van der Waals surface area contributed by atoms with Crippen LogP contribution in [0.15, 0.2) is 29.3 Å². The first-order valence-corrected chi connectivity index (χ1v) is 6.54. The molecule has 1 N–H and O–H groups in total. The molecule has 0 spiro atoms. The molecule has 3 heteroatoms. The van der Waals surface area contributed by atoms with Gasteiger partial charge in [-0.2, -0.15) is 0 Å². The zero-order chi connectivity index (χ0) is 11.5. The van der Waals surface area contributed by atoms with Gasteiger partial charge in [-0.1, -0.05) is 24.6 Å². The zero-order valence-corrected chi connectivity index (χ0v) is 10.1. The molecular weight excluding hydrogens is 210 g/mol. The molecular formula is C14H19N3. The van der Waals surface area contributed by atoms with E-state index < -0.39 is 0 Å². The summed E-state index contributed by atoms with van der Waals surface area (Å²) in [5.74, 6) is 0. The maximum absolute atomic E-state index is 4.31. The highest BCUT2D eigenvalue weighted by Crippen LogP contribution is 2.31. The smallest absolute Gasteiger partial charge is 0.0895 e. The Morgan fingerprint density at radius 1 is 1.24 bits per heavy atom. The van der Waals surface area contributed by atoms with Crippen LogP contribution in [0.1, 0.15) is 30.9 Å². The van der Waals surface area contributed by atoms with E-state index in [4.69, 9.17) is 0 Å². The van der Waals surface area contributed by atoms with Gasteiger partial charge >= 0.3 is 0 Å². The molecule has 1 unspecified atom stereocenters. The van der Waals surface area contributed by atoms with Crippen LogP contribution in [0.4, 0.5) is 5.69 Å². The van der Waals surface area contributed by atoms with Gasteiger partial charge in [0.2, 0.25) is 0 Å². The monoisotopic (exact) mass is 229 g/mol. The fraction of sp³-hybridized carbons (Fsp3) is 0.500.